The molecule has 1 unspecified atom stereocenters. The molecule has 1 N–H and O–H groups in total. The molecule has 0 radical (unpaired) electrons. The van der Waals surface area contributed by atoms with Crippen LogP contribution >= 0.6 is 0 Å². The zero-order chi connectivity index (χ0) is 21.3. The van der Waals surface area contributed by atoms with Crippen LogP contribution < -0.4 is 5.32 Å². The third-order valence-corrected chi connectivity index (χ3v) is 5.33. The summed E-state index contributed by atoms with van der Waals surface area (Å²) < 4.78 is 5.32. The normalized spacial score (nSPS) is 16.1. The van der Waals surface area contributed by atoms with Crippen LogP contribution in [-0.4, -0.2) is 48.4 Å². The van der Waals surface area contributed by atoms with Gasteiger partial charge in [-0.05, 0) is 36.5 Å². The summed E-state index contributed by atoms with van der Waals surface area (Å²) in [6, 6.07) is 16.8. The molecule has 1 saturated heterocycles. The minimum Gasteiger partial charge on any atom is -0.466 e. The number of nitrogens with one attached hydrogen (secondary N) is 1. The van der Waals surface area contributed by atoms with Crippen molar-refractivity contribution >= 4 is 17.8 Å². The molecule has 0 bridgehead atoms. The maximum absolute atomic E-state index is 12.9. The van der Waals surface area contributed by atoms with E-state index in [0.29, 0.717) is 26.1 Å². The first-order chi connectivity index (χ1) is 14.5. The fourth-order valence-corrected chi connectivity index (χ4v) is 3.61. The van der Waals surface area contributed by atoms with Gasteiger partial charge in [0, 0.05) is 13.1 Å². The number of carbonyl (C=O) groups is 3. The van der Waals surface area contributed by atoms with E-state index < -0.39 is 12.0 Å². The van der Waals surface area contributed by atoms with Crippen LogP contribution in [-0.2, 0) is 32.0 Å². The number of carbonyl (C=O) groups excluding carboxylic acids is 3. The van der Waals surface area contributed by atoms with E-state index in [-0.39, 0.29) is 24.7 Å². The second kappa shape index (κ2) is 10.6. The van der Waals surface area contributed by atoms with Crippen molar-refractivity contribution in [1.82, 2.24) is 10.2 Å². The van der Waals surface area contributed by atoms with Gasteiger partial charge in [0.25, 0.3) is 0 Å². The van der Waals surface area contributed by atoms with Gasteiger partial charge >= 0.3 is 5.97 Å². The van der Waals surface area contributed by atoms with Gasteiger partial charge < -0.3 is 15.0 Å². The van der Waals surface area contributed by atoms with Crippen molar-refractivity contribution in [1.29, 1.82) is 0 Å². The molecule has 0 saturated carbocycles. The maximum Gasteiger partial charge on any atom is 0.308 e. The molecule has 2 aromatic carbocycles. The molecule has 2 amide bonds. The molecule has 158 valence electrons. The molecule has 2 aromatic rings. The van der Waals surface area contributed by atoms with Gasteiger partial charge in [-0.2, -0.15) is 0 Å². The molecule has 1 aliphatic rings. The first-order valence-corrected chi connectivity index (χ1v) is 10.4. The highest BCUT2D eigenvalue weighted by Gasteiger charge is 2.35. The van der Waals surface area contributed by atoms with Crippen LogP contribution in [0.4, 0.5) is 0 Å². The summed E-state index contributed by atoms with van der Waals surface area (Å²) in [6.07, 6.45) is 1.61. The maximum atomic E-state index is 12.9. The molecule has 1 fully saturated rings. The van der Waals surface area contributed by atoms with Crippen LogP contribution in [0, 0.1) is 6.92 Å². The molecular formula is C24H28N2O4. The number of benzene rings is 2. The molecular weight excluding hydrogens is 380 g/mol. The quantitative estimate of drug-likeness (QED) is 0.538. The first kappa shape index (κ1) is 21.6. The zero-order valence-corrected chi connectivity index (χ0v) is 17.3. The van der Waals surface area contributed by atoms with Gasteiger partial charge in [0.1, 0.15) is 6.04 Å². The Morgan fingerprint density at radius 1 is 1.10 bits per heavy atom. The summed E-state index contributed by atoms with van der Waals surface area (Å²) in [7, 11) is 0. The molecule has 0 aliphatic carbocycles. The van der Waals surface area contributed by atoms with Gasteiger partial charge in [-0.1, -0.05) is 54.6 Å². The molecule has 6 heteroatoms. The van der Waals surface area contributed by atoms with Crippen LogP contribution in [0.1, 0.15) is 29.5 Å². The molecule has 1 heterocycles. The van der Waals surface area contributed by atoms with Crippen LogP contribution in [0.15, 0.2) is 54.6 Å². The number of rotatable bonds is 8. The number of nitrogens with zero attached hydrogens (tertiary/aromatic N) is 1. The average Bonchev–Trinajstić information content (AvgIpc) is 2.75. The van der Waals surface area contributed by atoms with Crippen molar-refractivity contribution in [3.63, 3.8) is 0 Å². The summed E-state index contributed by atoms with van der Waals surface area (Å²) in [6.45, 7) is 3.03. The third kappa shape index (κ3) is 5.92. The van der Waals surface area contributed by atoms with E-state index >= 15 is 0 Å². The van der Waals surface area contributed by atoms with Crippen molar-refractivity contribution in [2.24, 2.45) is 0 Å². The van der Waals surface area contributed by atoms with E-state index in [4.69, 9.17) is 4.74 Å². The predicted octanol–water partition coefficient (Wildman–Crippen LogP) is 2.43. The lowest BCUT2D eigenvalue weighted by Gasteiger charge is -2.34. The molecule has 6 nitrogen and oxygen atoms in total. The average molecular weight is 408 g/mol. The number of esters is 1. The van der Waals surface area contributed by atoms with E-state index in [0.717, 1.165) is 17.5 Å². The SMILES string of the molecule is Cc1ccccc1CC(=O)N1CCNC(=O)C1CC(=O)OCCCc1ccccc1. The van der Waals surface area contributed by atoms with Gasteiger partial charge in [-0.25, -0.2) is 0 Å². The minimum atomic E-state index is -0.822. The van der Waals surface area contributed by atoms with Crippen molar-refractivity contribution in [3.05, 3.63) is 71.3 Å². The van der Waals surface area contributed by atoms with Crippen LogP contribution in [0.5, 0.6) is 0 Å². The smallest absolute Gasteiger partial charge is 0.308 e. The van der Waals surface area contributed by atoms with E-state index in [1.165, 1.54) is 10.5 Å². The van der Waals surface area contributed by atoms with Gasteiger partial charge in [-0.15, -0.1) is 0 Å². The highest BCUT2D eigenvalue weighted by molar-refractivity contribution is 5.92. The Morgan fingerprint density at radius 2 is 1.83 bits per heavy atom. The monoisotopic (exact) mass is 408 g/mol. The van der Waals surface area contributed by atoms with Crippen LogP contribution in [0.3, 0.4) is 0 Å². The van der Waals surface area contributed by atoms with Crippen molar-refractivity contribution in [2.75, 3.05) is 19.7 Å². The lowest BCUT2D eigenvalue weighted by Crippen LogP contribution is -2.58. The Balaban J connectivity index is 1.52. The van der Waals surface area contributed by atoms with Gasteiger partial charge in [0.2, 0.25) is 11.8 Å². The number of hydrogen-bond donors (Lipinski definition) is 1. The highest BCUT2D eigenvalue weighted by Crippen LogP contribution is 2.15. The fraction of sp³-hybridized carbons (Fsp3) is 0.375. The predicted molar refractivity (Wildman–Crippen MR) is 114 cm³/mol. The van der Waals surface area contributed by atoms with E-state index in [1.54, 1.807) is 0 Å². The van der Waals surface area contributed by atoms with E-state index in [2.05, 4.69) is 5.32 Å². The lowest BCUT2D eigenvalue weighted by molar-refractivity contribution is -0.151. The van der Waals surface area contributed by atoms with Gasteiger partial charge in [0.15, 0.2) is 0 Å². The minimum absolute atomic E-state index is 0.128. The molecule has 0 aromatic heterocycles. The van der Waals surface area contributed by atoms with Gasteiger partial charge in [-0.3, -0.25) is 14.4 Å². The topological polar surface area (TPSA) is 75.7 Å². The molecule has 0 spiro atoms. The Labute approximate surface area is 177 Å². The second-order valence-electron chi connectivity index (χ2n) is 7.51. The van der Waals surface area contributed by atoms with Crippen molar-refractivity contribution in [2.45, 2.75) is 38.6 Å². The molecule has 1 atom stereocenters. The van der Waals surface area contributed by atoms with Crippen LogP contribution in [0.2, 0.25) is 0 Å². The van der Waals surface area contributed by atoms with Crippen molar-refractivity contribution in [3.8, 4) is 0 Å². The number of aryl methyl sites for hydroxylation is 2. The zero-order valence-electron chi connectivity index (χ0n) is 17.3. The summed E-state index contributed by atoms with van der Waals surface area (Å²) >= 11 is 0. The summed E-state index contributed by atoms with van der Waals surface area (Å²) in [5, 5.41) is 2.75. The Hall–Kier alpha value is -3.15. The number of ether oxygens (including phenoxy) is 1. The summed E-state index contributed by atoms with van der Waals surface area (Å²) in [4.78, 5) is 39.1. The second-order valence-corrected chi connectivity index (χ2v) is 7.51. The standard InChI is InChI=1S/C24H28N2O4/c1-18-8-5-6-12-20(18)16-22(27)26-14-13-25-24(29)21(26)17-23(28)30-15-7-11-19-9-3-2-4-10-19/h2-6,8-10,12,21H,7,11,13-17H2,1H3,(H,25,29). The number of hydrogen-bond acceptors (Lipinski definition) is 4. The molecule has 1 aliphatic heterocycles. The third-order valence-electron chi connectivity index (χ3n) is 5.33. The summed E-state index contributed by atoms with van der Waals surface area (Å²) in [5.41, 5.74) is 3.14. The van der Waals surface area contributed by atoms with Crippen molar-refractivity contribution < 1.29 is 19.1 Å². The lowest BCUT2D eigenvalue weighted by atomic mass is 10.0. The first-order valence-electron chi connectivity index (χ1n) is 10.4. The number of amides is 2. The van der Waals surface area contributed by atoms with Crippen LogP contribution in [0.25, 0.3) is 0 Å². The summed E-state index contributed by atoms with van der Waals surface area (Å²) in [5.74, 6) is -0.916. The van der Waals surface area contributed by atoms with Gasteiger partial charge in [0.05, 0.1) is 19.4 Å². The van der Waals surface area contributed by atoms with E-state index in [1.807, 2.05) is 61.5 Å². The Bertz CT molecular complexity index is 882. The fourth-order valence-electron chi connectivity index (χ4n) is 3.61. The number of piperazine rings is 1. The molecule has 3 rings (SSSR count). The largest absolute Gasteiger partial charge is 0.466 e. The van der Waals surface area contributed by atoms with E-state index in [9.17, 15) is 14.4 Å². The Kier molecular flexibility index (Phi) is 7.60. The highest BCUT2D eigenvalue weighted by atomic mass is 16.5. The molecule has 30 heavy (non-hydrogen) atoms. The Morgan fingerprint density at radius 3 is 2.60 bits per heavy atom.